The first-order valence-electron chi connectivity index (χ1n) is 11.1. The zero-order valence-electron chi connectivity index (χ0n) is 18.8. The topological polar surface area (TPSA) is 85.0 Å². The van der Waals surface area contributed by atoms with E-state index in [0.29, 0.717) is 0 Å². The van der Waals surface area contributed by atoms with E-state index in [2.05, 4.69) is 46.2 Å². The molecule has 0 atom stereocenters. The molecule has 0 unspecified atom stereocenters. The molecule has 1 aromatic heterocycles. The van der Waals surface area contributed by atoms with Crippen molar-refractivity contribution in [2.45, 2.75) is 37.0 Å². The average molecular weight is 461 g/mol. The van der Waals surface area contributed by atoms with Crippen LogP contribution >= 0.6 is 23.5 Å². The maximum absolute atomic E-state index is 7.76. The Morgan fingerprint density at radius 2 is 1.87 bits per heavy atom. The number of hydrogen-bond donors (Lipinski definition) is 3. The van der Waals surface area contributed by atoms with Crippen LogP contribution < -0.4 is 5.73 Å². The summed E-state index contributed by atoms with van der Waals surface area (Å²) in [5, 5.41) is 15.2. The first-order chi connectivity index (χ1) is 15.1. The molecular formula is C23H36N6S2. The Hall–Kier alpha value is -1.48. The molecule has 31 heavy (non-hydrogen) atoms. The van der Waals surface area contributed by atoms with Crippen molar-refractivity contribution < 1.29 is 0 Å². The van der Waals surface area contributed by atoms with Crippen molar-refractivity contribution in [3.63, 3.8) is 0 Å². The van der Waals surface area contributed by atoms with Crippen LogP contribution in [0.2, 0.25) is 0 Å². The molecule has 1 aromatic rings. The molecule has 0 spiro atoms. The third kappa shape index (κ3) is 7.27. The van der Waals surface area contributed by atoms with Crippen LogP contribution in [0.3, 0.4) is 0 Å². The van der Waals surface area contributed by atoms with Crippen molar-refractivity contribution in [1.29, 1.82) is 5.41 Å². The molecule has 0 bridgehead atoms. The normalized spacial score (nSPS) is 19.0. The minimum absolute atomic E-state index is 0.789. The number of nitrogens with one attached hydrogen (secondary N) is 2. The molecule has 3 heterocycles. The van der Waals surface area contributed by atoms with Gasteiger partial charge < -0.3 is 20.9 Å². The zero-order chi connectivity index (χ0) is 22.1. The molecule has 0 fully saturated rings. The summed E-state index contributed by atoms with van der Waals surface area (Å²) in [6.07, 6.45) is 13.6. The lowest BCUT2D eigenvalue weighted by Gasteiger charge is -2.24. The lowest BCUT2D eigenvalue weighted by atomic mass is 10.1. The molecule has 4 N–H and O–H groups in total. The van der Waals surface area contributed by atoms with Gasteiger partial charge in [0.05, 0.1) is 22.5 Å². The number of aromatic amines is 1. The third-order valence-electron chi connectivity index (χ3n) is 5.66. The number of H-pyrrole nitrogens is 1. The number of nitrogens with two attached hydrogens (primary N) is 1. The maximum atomic E-state index is 7.76. The summed E-state index contributed by atoms with van der Waals surface area (Å²) < 4.78 is 0. The second-order valence-corrected chi connectivity index (χ2v) is 10.6. The van der Waals surface area contributed by atoms with E-state index in [-0.39, 0.29) is 0 Å². The Morgan fingerprint density at radius 1 is 1.13 bits per heavy atom. The first kappa shape index (κ1) is 24.2. The molecule has 170 valence electrons. The Labute approximate surface area is 195 Å². The van der Waals surface area contributed by atoms with Gasteiger partial charge >= 0.3 is 0 Å². The molecule has 3 rings (SSSR count). The van der Waals surface area contributed by atoms with Crippen LogP contribution in [-0.4, -0.2) is 78.0 Å². The van der Waals surface area contributed by atoms with Crippen molar-refractivity contribution >= 4 is 35.3 Å². The number of aromatic nitrogens is 2. The van der Waals surface area contributed by atoms with Gasteiger partial charge in [0.25, 0.3) is 0 Å². The second-order valence-electron chi connectivity index (χ2n) is 8.30. The highest BCUT2D eigenvalue weighted by Crippen LogP contribution is 2.29. The quantitative estimate of drug-likeness (QED) is 0.261. The van der Waals surface area contributed by atoms with Gasteiger partial charge in [-0.15, -0.1) is 23.5 Å². The summed E-state index contributed by atoms with van der Waals surface area (Å²) in [7, 11) is 4.29. The Balaban J connectivity index is 1.37. The largest absolute Gasteiger partial charge is 0.398 e. The minimum atomic E-state index is 0.789. The van der Waals surface area contributed by atoms with E-state index < -0.39 is 0 Å². The van der Waals surface area contributed by atoms with E-state index in [0.717, 1.165) is 67.5 Å². The molecule has 2 aliphatic rings. The second kappa shape index (κ2) is 12.5. The standard InChI is InChI=1S/C23H36N6S2/c1-28-10-6-8-18(16-28)22(25)20(14-24)30-12-4-3-5-13-31-21-15-26-27-23(21)19-9-7-11-29(2)17-19/h8-9,14-15,24H,3-7,10-13,16-17,25H2,1-2H3,(H,26,27). The van der Waals surface area contributed by atoms with Crippen LogP contribution in [0.15, 0.2) is 39.4 Å². The molecule has 0 radical (unpaired) electrons. The number of hydrogen-bond acceptors (Lipinski definition) is 7. The molecule has 0 aliphatic carbocycles. The minimum Gasteiger partial charge on any atom is -0.398 e. The summed E-state index contributed by atoms with van der Waals surface area (Å²) in [5.41, 5.74) is 10.9. The number of unbranched alkanes of at least 4 members (excludes halogenated alkanes) is 2. The van der Waals surface area contributed by atoms with Gasteiger partial charge in [-0.25, -0.2) is 0 Å². The SMILES string of the molecule is CN1CCC=C(C(N)=C(C=N)SCCCCCSc2cn[nH]c2C2=CCCN(C)C2)C1. The molecule has 0 aromatic carbocycles. The van der Waals surface area contributed by atoms with Gasteiger partial charge in [0.15, 0.2) is 0 Å². The smallest absolute Gasteiger partial charge is 0.0755 e. The fraction of sp³-hybridized carbons (Fsp3) is 0.565. The van der Waals surface area contributed by atoms with Crippen LogP contribution in [0.5, 0.6) is 0 Å². The number of thioether (sulfide) groups is 2. The van der Waals surface area contributed by atoms with E-state index in [1.54, 1.807) is 11.8 Å². The van der Waals surface area contributed by atoms with E-state index >= 15 is 0 Å². The van der Waals surface area contributed by atoms with Crippen molar-refractivity contribution in [3.8, 4) is 0 Å². The third-order valence-corrected chi connectivity index (χ3v) is 7.91. The van der Waals surface area contributed by atoms with Crippen LogP contribution in [0, 0.1) is 5.41 Å². The van der Waals surface area contributed by atoms with Crippen molar-refractivity contribution in [3.05, 3.63) is 40.2 Å². The summed E-state index contributed by atoms with van der Waals surface area (Å²) in [6.45, 7) is 4.08. The van der Waals surface area contributed by atoms with E-state index in [1.165, 1.54) is 40.8 Å². The van der Waals surface area contributed by atoms with Crippen LogP contribution in [0.25, 0.3) is 5.57 Å². The van der Waals surface area contributed by atoms with Gasteiger partial charge in [-0.1, -0.05) is 18.6 Å². The summed E-state index contributed by atoms with van der Waals surface area (Å²) >= 11 is 3.62. The van der Waals surface area contributed by atoms with Gasteiger partial charge in [0.2, 0.25) is 0 Å². The van der Waals surface area contributed by atoms with Gasteiger partial charge in [-0.05, 0) is 62.4 Å². The van der Waals surface area contributed by atoms with Crippen molar-refractivity contribution in [2.24, 2.45) is 5.73 Å². The van der Waals surface area contributed by atoms with Crippen LogP contribution in [0.4, 0.5) is 0 Å². The predicted molar refractivity (Wildman–Crippen MR) is 136 cm³/mol. The van der Waals surface area contributed by atoms with Crippen molar-refractivity contribution in [1.82, 2.24) is 20.0 Å². The molecule has 0 amide bonds. The lowest BCUT2D eigenvalue weighted by molar-refractivity contribution is 0.356. The first-order valence-corrected chi connectivity index (χ1v) is 13.1. The summed E-state index contributed by atoms with van der Waals surface area (Å²) in [5.74, 6) is 2.12. The molecule has 8 heteroatoms. The fourth-order valence-corrected chi connectivity index (χ4v) is 5.83. The summed E-state index contributed by atoms with van der Waals surface area (Å²) in [6, 6.07) is 0. The zero-order valence-corrected chi connectivity index (χ0v) is 20.5. The average Bonchev–Trinajstić information content (AvgIpc) is 3.24. The highest BCUT2D eigenvalue weighted by molar-refractivity contribution is 8.03. The predicted octanol–water partition coefficient (Wildman–Crippen LogP) is 4.21. The number of nitrogens with zero attached hydrogens (tertiary/aromatic N) is 3. The number of allylic oxidation sites excluding steroid dienone is 1. The molecule has 6 nitrogen and oxygen atoms in total. The fourth-order valence-electron chi connectivity index (χ4n) is 3.88. The number of rotatable bonds is 11. The van der Waals surface area contributed by atoms with Crippen molar-refractivity contribution in [2.75, 3.05) is 51.8 Å². The molecule has 0 saturated carbocycles. The molecule has 2 aliphatic heterocycles. The van der Waals surface area contributed by atoms with Gasteiger partial charge in [0, 0.05) is 37.3 Å². The Bertz CT molecular complexity index is 826. The van der Waals surface area contributed by atoms with Crippen LogP contribution in [0.1, 0.15) is 37.8 Å². The monoisotopic (exact) mass is 460 g/mol. The van der Waals surface area contributed by atoms with E-state index in [4.69, 9.17) is 11.1 Å². The van der Waals surface area contributed by atoms with E-state index in [9.17, 15) is 0 Å². The Kier molecular flexibility index (Phi) is 9.77. The molecule has 0 saturated heterocycles. The Morgan fingerprint density at radius 3 is 2.61 bits per heavy atom. The maximum Gasteiger partial charge on any atom is 0.0755 e. The summed E-state index contributed by atoms with van der Waals surface area (Å²) in [4.78, 5) is 6.81. The number of likely N-dealkylation sites (N-methyl/N-ethyl adjacent to an activating group) is 2. The van der Waals surface area contributed by atoms with E-state index in [1.807, 2.05) is 18.0 Å². The lowest BCUT2D eigenvalue weighted by Crippen LogP contribution is -2.28. The highest BCUT2D eigenvalue weighted by Gasteiger charge is 2.16. The van der Waals surface area contributed by atoms with Gasteiger partial charge in [-0.2, -0.15) is 5.10 Å². The van der Waals surface area contributed by atoms with Gasteiger partial charge in [0.1, 0.15) is 0 Å². The molecular weight excluding hydrogens is 424 g/mol. The van der Waals surface area contributed by atoms with Crippen LogP contribution in [-0.2, 0) is 0 Å². The highest BCUT2D eigenvalue weighted by atomic mass is 32.2. The van der Waals surface area contributed by atoms with Gasteiger partial charge in [-0.3, -0.25) is 5.10 Å².